The van der Waals surface area contributed by atoms with Crippen molar-refractivity contribution >= 4 is 23.7 Å². The summed E-state index contributed by atoms with van der Waals surface area (Å²) in [6, 6.07) is 8.01. The fraction of sp³-hybridized carbons (Fsp3) is 0.250. The number of hydrogen-bond acceptors (Lipinski definition) is 6. The van der Waals surface area contributed by atoms with Gasteiger partial charge in [-0.2, -0.15) is 0 Å². The normalized spacial score (nSPS) is 18.7. The van der Waals surface area contributed by atoms with Crippen LogP contribution in [0.4, 0.5) is 0 Å². The molecule has 1 atom stereocenters. The molecule has 1 N–H and O–H groups in total. The van der Waals surface area contributed by atoms with E-state index in [1.54, 1.807) is 30.5 Å². The van der Waals surface area contributed by atoms with Crippen molar-refractivity contribution < 1.29 is 23.9 Å². The van der Waals surface area contributed by atoms with Gasteiger partial charge in [0.25, 0.3) is 5.91 Å². The number of rotatable bonds is 3. The van der Waals surface area contributed by atoms with E-state index >= 15 is 0 Å². The Morgan fingerprint density at radius 2 is 1.96 bits per heavy atom. The molecule has 8 nitrogen and oxygen atoms in total. The highest BCUT2D eigenvalue weighted by atomic mass is 16.5. The lowest BCUT2D eigenvalue weighted by Gasteiger charge is -2.29. The van der Waals surface area contributed by atoms with E-state index in [0.717, 1.165) is 16.7 Å². The van der Waals surface area contributed by atoms with Crippen molar-refractivity contribution in [3.8, 4) is 11.1 Å². The minimum atomic E-state index is -0.662. The maximum Gasteiger partial charge on any atom is 0.356 e. The highest BCUT2D eigenvalue weighted by Gasteiger charge is 2.39. The topological polar surface area (TPSA) is 106 Å². The number of pyridine rings is 1. The zero-order valence-electron chi connectivity index (χ0n) is 15.1. The first kappa shape index (κ1) is 17.8. The molecule has 8 heteroatoms. The number of methoxy groups -OCH3 is 1. The van der Waals surface area contributed by atoms with Crippen LogP contribution < -0.4 is 5.32 Å². The lowest BCUT2D eigenvalue weighted by molar-refractivity contribution is -0.136. The number of nitrogens with one attached hydrogen (secondary N) is 1. The summed E-state index contributed by atoms with van der Waals surface area (Å²) in [7, 11) is 1.29. The molecule has 0 radical (unpaired) electrons. The summed E-state index contributed by atoms with van der Waals surface area (Å²) in [6.45, 7) is 0.273. The second kappa shape index (κ2) is 6.88. The number of fused-ring (bicyclic) bond motifs is 1. The fourth-order valence-electron chi connectivity index (χ4n) is 3.63. The van der Waals surface area contributed by atoms with E-state index in [9.17, 15) is 19.2 Å². The third-order valence-electron chi connectivity index (χ3n) is 5.05. The highest BCUT2D eigenvalue weighted by Crippen LogP contribution is 2.34. The van der Waals surface area contributed by atoms with Crippen molar-refractivity contribution in [2.24, 2.45) is 0 Å². The van der Waals surface area contributed by atoms with Gasteiger partial charge in [0.05, 0.1) is 7.11 Å². The lowest BCUT2D eigenvalue weighted by Crippen LogP contribution is -2.52. The Labute approximate surface area is 160 Å². The van der Waals surface area contributed by atoms with E-state index in [-0.39, 0.29) is 30.5 Å². The Morgan fingerprint density at radius 3 is 2.64 bits per heavy atom. The van der Waals surface area contributed by atoms with Crippen molar-refractivity contribution in [2.75, 3.05) is 7.11 Å². The second-order valence-electron chi connectivity index (χ2n) is 6.66. The van der Waals surface area contributed by atoms with Crippen LogP contribution in [0.15, 0.2) is 36.5 Å². The summed E-state index contributed by atoms with van der Waals surface area (Å²) in [5, 5.41) is 2.30. The van der Waals surface area contributed by atoms with Crippen LogP contribution in [0, 0.1) is 0 Å². The number of benzene rings is 1. The summed E-state index contributed by atoms with van der Waals surface area (Å²) < 4.78 is 4.65. The Kier molecular flexibility index (Phi) is 4.38. The average Bonchev–Trinajstić information content (AvgIpc) is 3.04. The highest BCUT2D eigenvalue weighted by molar-refractivity contribution is 6.06. The Hall–Kier alpha value is -3.55. The van der Waals surface area contributed by atoms with E-state index in [1.807, 2.05) is 6.07 Å². The molecule has 1 saturated heterocycles. The van der Waals surface area contributed by atoms with Crippen LogP contribution in [0.2, 0.25) is 0 Å². The number of nitrogens with zero attached hydrogens (tertiary/aromatic N) is 2. The molecule has 0 spiro atoms. The summed E-state index contributed by atoms with van der Waals surface area (Å²) >= 11 is 0. The molecular weight excluding hydrogens is 362 g/mol. The monoisotopic (exact) mass is 379 g/mol. The number of carbonyl (C=O) groups excluding carboxylic acids is 4. The van der Waals surface area contributed by atoms with Crippen LogP contribution in [-0.4, -0.2) is 46.7 Å². The van der Waals surface area contributed by atoms with Gasteiger partial charge in [0.2, 0.25) is 11.8 Å². The molecule has 1 aromatic carbocycles. The van der Waals surface area contributed by atoms with Gasteiger partial charge in [-0.3, -0.25) is 19.7 Å². The largest absolute Gasteiger partial charge is 0.464 e. The molecule has 4 rings (SSSR count). The predicted molar refractivity (Wildman–Crippen MR) is 97.1 cm³/mol. The van der Waals surface area contributed by atoms with E-state index in [0.29, 0.717) is 12.0 Å². The average molecular weight is 379 g/mol. The second-order valence-corrected chi connectivity index (χ2v) is 6.66. The maximum absolute atomic E-state index is 12.9. The molecule has 1 unspecified atom stereocenters. The van der Waals surface area contributed by atoms with E-state index in [1.165, 1.54) is 12.0 Å². The van der Waals surface area contributed by atoms with E-state index < -0.39 is 17.9 Å². The third kappa shape index (κ3) is 2.92. The standard InChI is InChI=1S/C20H17N3O5/c1-28-20(27)15-6-5-11(9-21-15)12-3-2-4-13-14(12)10-23(19(13)26)16-7-8-17(24)22-18(16)25/h2-6,9,16H,7-8,10H2,1H3,(H,22,24,25). The molecule has 2 aliphatic rings. The molecule has 28 heavy (non-hydrogen) atoms. The number of imide groups is 1. The predicted octanol–water partition coefficient (Wildman–Crippen LogP) is 1.30. The van der Waals surface area contributed by atoms with Gasteiger partial charge in [-0.15, -0.1) is 0 Å². The summed E-state index contributed by atoms with van der Waals surface area (Å²) in [5.41, 5.74) is 3.08. The van der Waals surface area contributed by atoms with Crippen molar-refractivity contribution in [2.45, 2.75) is 25.4 Å². The molecule has 0 aliphatic carbocycles. The molecule has 0 saturated carbocycles. The molecular formula is C20H17N3O5. The zero-order chi connectivity index (χ0) is 19.8. The van der Waals surface area contributed by atoms with Crippen LogP contribution >= 0.6 is 0 Å². The number of amides is 3. The van der Waals surface area contributed by atoms with Crippen LogP contribution in [0.1, 0.15) is 39.3 Å². The van der Waals surface area contributed by atoms with Crippen molar-refractivity contribution in [1.82, 2.24) is 15.2 Å². The minimum absolute atomic E-state index is 0.195. The lowest BCUT2D eigenvalue weighted by atomic mass is 9.98. The number of carbonyl (C=O) groups is 4. The van der Waals surface area contributed by atoms with Gasteiger partial charge in [-0.05, 0) is 29.7 Å². The summed E-state index contributed by atoms with van der Waals surface area (Å²) in [5.74, 6) is -1.51. The van der Waals surface area contributed by atoms with E-state index in [4.69, 9.17) is 0 Å². The SMILES string of the molecule is COC(=O)c1ccc(-c2cccc3c2CN(C2CCC(=O)NC2=O)C3=O)cn1. The Morgan fingerprint density at radius 1 is 1.18 bits per heavy atom. The van der Waals surface area contributed by atoms with Gasteiger partial charge >= 0.3 is 5.97 Å². The summed E-state index contributed by atoms with van der Waals surface area (Å²) in [6.07, 6.45) is 2.08. The first-order valence-corrected chi connectivity index (χ1v) is 8.81. The van der Waals surface area contributed by atoms with Gasteiger partial charge in [-0.25, -0.2) is 9.78 Å². The van der Waals surface area contributed by atoms with Gasteiger partial charge < -0.3 is 9.64 Å². The number of hydrogen-bond donors (Lipinski definition) is 1. The van der Waals surface area contributed by atoms with Gasteiger partial charge in [0, 0.05) is 30.3 Å². The summed E-state index contributed by atoms with van der Waals surface area (Å²) in [4.78, 5) is 53.7. The molecule has 0 bridgehead atoms. The van der Waals surface area contributed by atoms with Crippen LogP contribution in [0.3, 0.4) is 0 Å². The van der Waals surface area contributed by atoms with Gasteiger partial charge in [0.15, 0.2) is 0 Å². The zero-order valence-corrected chi connectivity index (χ0v) is 15.1. The molecule has 2 aliphatic heterocycles. The first-order chi connectivity index (χ1) is 13.5. The maximum atomic E-state index is 12.9. The van der Waals surface area contributed by atoms with Crippen LogP contribution in [-0.2, 0) is 20.9 Å². The van der Waals surface area contributed by atoms with Gasteiger partial charge in [-0.1, -0.05) is 18.2 Å². The Balaban J connectivity index is 1.66. The minimum Gasteiger partial charge on any atom is -0.464 e. The molecule has 2 aromatic rings. The molecule has 3 heterocycles. The number of piperidine rings is 1. The van der Waals surface area contributed by atoms with Gasteiger partial charge in [0.1, 0.15) is 11.7 Å². The molecule has 142 valence electrons. The van der Waals surface area contributed by atoms with Crippen molar-refractivity contribution in [3.05, 3.63) is 53.3 Å². The molecule has 3 amide bonds. The Bertz CT molecular complexity index is 999. The fourth-order valence-corrected chi connectivity index (χ4v) is 3.63. The number of ether oxygens (including phenoxy) is 1. The third-order valence-corrected chi connectivity index (χ3v) is 5.05. The van der Waals surface area contributed by atoms with Crippen LogP contribution in [0.25, 0.3) is 11.1 Å². The van der Waals surface area contributed by atoms with Crippen LogP contribution in [0.5, 0.6) is 0 Å². The quantitative estimate of drug-likeness (QED) is 0.636. The number of esters is 1. The number of aromatic nitrogens is 1. The van der Waals surface area contributed by atoms with E-state index in [2.05, 4.69) is 15.0 Å². The van der Waals surface area contributed by atoms with Crippen molar-refractivity contribution in [1.29, 1.82) is 0 Å². The first-order valence-electron chi connectivity index (χ1n) is 8.81. The molecule has 1 fully saturated rings. The van der Waals surface area contributed by atoms with Crippen molar-refractivity contribution in [3.63, 3.8) is 0 Å². The molecule has 1 aromatic heterocycles. The smallest absolute Gasteiger partial charge is 0.356 e.